The molecule has 0 atom stereocenters. The van der Waals surface area contributed by atoms with Crippen molar-refractivity contribution in [3.8, 4) is 11.5 Å². The first kappa shape index (κ1) is 17.5. The van der Waals surface area contributed by atoms with E-state index in [0.29, 0.717) is 28.1 Å². The van der Waals surface area contributed by atoms with Crippen LogP contribution in [-0.4, -0.2) is 35.4 Å². The fourth-order valence-corrected chi connectivity index (χ4v) is 2.73. The van der Waals surface area contributed by atoms with E-state index in [2.05, 4.69) is 20.6 Å². The number of ether oxygens (including phenoxy) is 3. The van der Waals surface area contributed by atoms with Crippen LogP contribution in [0.15, 0.2) is 42.7 Å². The monoisotopic (exact) mass is 380 g/mol. The van der Waals surface area contributed by atoms with Crippen LogP contribution in [0.2, 0.25) is 0 Å². The molecule has 2 amide bonds. The zero-order valence-corrected chi connectivity index (χ0v) is 14.9. The molecule has 0 bridgehead atoms. The molecule has 9 heteroatoms. The Bertz CT molecular complexity index is 1060. The zero-order valence-electron chi connectivity index (χ0n) is 14.9. The lowest BCUT2D eigenvalue weighted by molar-refractivity contribution is 0.0527. The second kappa shape index (κ2) is 7.39. The third kappa shape index (κ3) is 3.50. The number of benzene rings is 1. The number of nitrogens with zero attached hydrogens (tertiary/aromatic N) is 2. The number of pyridine rings is 2. The van der Waals surface area contributed by atoms with Gasteiger partial charge in [0.2, 0.25) is 6.79 Å². The van der Waals surface area contributed by atoms with E-state index >= 15 is 0 Å². The Morgan fingerprint density at radius 2 is 1.86 bits per heavy atom. The molecule has 0 spiro atoms. The number of hydrogen-bond donors (Lipinski definition) is 2. The number of hydrogen-bond acceptors (Lipinski definition) is 7. The molecule has 28 heavy (non-hydrogen) atoms. The van der Waals surface area contributed by atoms with Crippen molar-refractivity contribution >= 4 is 34.4 Å². The van der Waals surface area contributed by atoms with E-state index in [1.165, 1.54) is 0 Å². The number of esters is 1. The lowest BCUT2D eigenvalue weighted by Gasteiger charge is -2.12. The minimum absolute atomic E-state index is 0.0800. The Kier molecular flexibility index (Phi) is 4.63. The Morgan fingerprint density at radius 1 is 1.11 bits per heavy atom. The Labute approximate surface area is 159 Å². The van der Waals surface area contributed by atoms with Gasteiger partial charge in [0.15, 0.2) is 11.5 Å². The average Bonchev–Trinajstić information content (AvgIpc) is 3.13. The van der Waals surface area contributed by atoms with Gasteiger partial charge in [-0.05, 0) is 31.2 Å². The first-order valence-electron chi connectivity index (χ1n) is 8.53. The first-order chi connectivity index (χ1) is 13.6. The Balaban J connectivity index is 1.69. The van der Waals surface area contributed by atoms with Crippen LogP contribution >= 0.6 is 0 Å². The van der Waals surface area contributed by atoms with Gasteiger partial charge < -0.3 is 19.5 Å². The van der Waals surface area contributed by atoms with E-state index in [4.69, 9.17) is 14.2 Å². The van der Waals surface area contributed by atoms with E-state index in [0.717, 1.165) is 0 Å². The van der Waals surface area contributed by atoms with Crippen molar-refractivity contribution in [1.29, 1.82) is 0 Å². The van der Waals surface area contributed by atoms with E-state index in [9.17, 15) is 9.59 Å². The highest BCUT2D eigenvalue weighted by atomic mass is 16.7. The first-order valence-corrected chi connectivity index (χ1v) is 8.53. The lowest BCUT2D eigenvalue weighted by atomic mass is 10.1. The molecule has 0 saturated carbocycles. The highest BCUT2D eigenvalue weighted by Gasteiger charge is 2.21. The second-order valence-corrected chi connectivity index (χ2v) is 5.82. The molecule has 1 aliphatic heterocycles. The number of carbonyl (C=O) groups excluding carboxylic acids is 2. The maximum absolute atomic E-state index is 12.4. The molecular weight excluding hydrogens is 364 g/mol. The van der Waals surface area contributed by atoms with Crippen molar-refractivity contribution in [1.82, 2.24) is 9.97 Å². The average molecular weight is 380 g/mol. The highest BCUT2D eigenvalue weighted by Crippen LogP contribution is 2.36. The number of rotatable bonds is 4. The summed E-state index contributed by atoms with van der Waals surface area (Å²) in [6, 6.07) is 7.75. The van der Waals surface area contributed by atoms with E-state index < -0.39 is 12.0 Å². The van der Waals surface area contributed by atoms with Crippen LogP contribution in [0.1, 0.15) is 17.3 Å². The van der Waals surface area contributed by atoms with Crippen molar-refractivity contribution < 1.29 is 23.8 Å². The van der Waals surface area contributed by atoms with Gasteiger partial charge in [-0.1, -0.05) is 0 Å². The molecule has 0 unspecified atom stereocenters. The van der Waals surface area contributed by atoms with Crippen LogP contribution in [0, 0.1) is 0 Å². The number of fused-ring (bicyclic) bond motifs is 2. The maximum atomic E-state index is 12.4. The van der Waals surface area contributed by atoms with Crippen molar-refractivity contribution in [3.63, 3.8) is 0 Å². The summed E-state index contributed by atoms with van der Waals surface area (Å²) in [7, 11) is 0. The number of urea groups is 1. The number of anilines is 2. The summed E-state index contributed by atoms with van der Waals surface area (Å²) < 4.78 is 15.8. The molecule has 0 radical (unpaired) electrons. The summed E-state index contributed by atoms with van der Waals surface area (Å²) in [4.78, 5) is 33.0. The summed E-state index contributed by atoms with van der Waals surface area (Å²) in [5.41, 5.74) is 1.23. The molecular formula is C19H16N4O5. The molecule has 0 fully saturated rings. The quantitative estimate of drug-likeness (QED) is 0.669. The van der Waals surface area contributed by atoms with Crippen LogP contribution in [0.3, 0.4) is 0 Å². The fourth-order valence-electron chi connectivity index (χ4n) is 2.73. The molecule has 2 N–H and O–H groups in total. The van der Waals surface area contributed by atoms with Gasteiger partial charge in [0, 0.05) is 29.5 Å². The molecule has 1 aliphatic rings. The second-order valence-electron chi connectivity index (χ2n) is 5.82. The number of carbonyl (C=O) groups is 2. The minimum atomic E-state index is -0.589. The summed E-state index contributed by atoms with van der Waals surface area (Å²) in [5.74, 6) is 0.612. The molecule has 3 aromatic rings. The Hall–Kier alpha value is -3.88. The smallest absolute Gasteiger partial charge is 0.341 e. The number of amides is 2. The van der Waals surface area contributed by atoms with Crippen LogP contribution in [0.25, 0.3) is 10.9 Å². The predicted octanol–water partition coefficient (Wildman–Crippen LogP) is 3.18. The SMILES string of the molecule is CCOC(=O)c1cc2cc3c(cc2nc1NC(=O)Nc1ccncc1)OCO3. The topological polar surface area (TPSA) is 112 Å². The van der Waals surface area contributed by atoms with Gasteiger partial charge in [0.25, 0.3) is 0 Å². The molecule has 4 rings (SSSR count). The summed E-state index contributed by atoms with van der Waals surface area (Å²) in [6.45, 7) is 2.02. The van der Waals surface area contributed by atoms with Crippen LogP contribution in [0.5, 0.6) is 11.5 Å². The summed E-state index contributed by atoms with van der Waals surface area (Å²) in [5, 5.41) is 5.91. The third-order valence-electron chi connectivity index (χ3n) is 3.97. The number of nitrogens with one attached hydrogen (secondary N) is 2. The molecule has 9 nitrogen and oxygen atoms in total. The van der Waals surface area contributed by atoms with Gasteiger partial charge >= 0.3 is 12.0 Å². The fraction of sp³-hybridized carbons (Fsp3) is 0.158. The van der Waals surface area contributed by atoms with Crippen LogP contribution < -0.4 is 20.1 Å². The van der Waals surface area contributed by atoms with Crippen molar-refractivity contribution in [2.24, 2.45) is 0 Å². The van der Waals surface area contributed by atoms with Gasteiger partial charge in [-0.2, -0.15) is 0 Å². The molecule has 1 aromatic carbocycles. The van der Waals surface area contributed by atoms with Crippen molar-refractivity contribution in [2.75, 3.05) is 24.0 Å². The van der Waals surface area contributed by atoms with Crippen molar-refractivity contribution in [2.45, 2.75) is 6.92 Å². The highest BCUT2D eigenvalue weighted by molar-refractivity contribution is 6.06. The van der Waals surface area contributed by atoms with Gasteiger partial charge in [0.05, 0.1) is 12.1 Å². The molecule has 0 saturated heterocycles. The van der Waals surface area contributed by atoms with Gasteiger partial charge in [-0.15, -0.1) is 0 Å². The van der Waals surface area contributed by atoms with Gasteiger partial charge in [-0.3, -0.25) is 10.3 Å². The third-order valence-corrected chi connectivity index (χ3v) is 3.97. The molecule has 142 valence electrons. The van der Waals surface area contributed by atoms with Gasteiger partial charge in [0.1, 0.15) is 11.4 Å². The predicted molar refractivity (Wildman–Crippen MR) is 101 cm³/mol. The van der Waals surface area contributed by atoms with Gasteiger partial charge in [-0.25, -0.2) is 14.6 Å². The zero-order chi connectivity index (χ0) is 19.5. The molecule has 0 aliphatic carbocycles. The van der Waals surface area contributed by atoms with Crippen LogP contribution in [-0.2, 0) is 4.74 Å². The Morgan fingerprint density at radius 3 is 2.61 bits per heavy atom. The minimum Gasteiger partial charge on any atom is -0.462 e. The van der Waals surface area contributed by atoms with E-state index in [1.54, 1.807) is 49.6 Å². The summed E-state index contributed by atoms with van der Waals surface area (Å²) in [6.07, 6.45) is 3.10. The number of aromatic nitrogens is 2. The lowest BCUT2D eigenvalue weighted by Crippen LogP contribution is -2.22. The normalized spacial score (nSPS) is 11.9. The van der Waals surface area contributed by atoms with E-state index in [1.807, 2.05) is 0 Å². The largest absolute Gasteiger partial charge is 0.462 e. The maximum Gasteiger partial charge on any atom is 0.341 e. The molecule has 3 heterocycles. The van der Waals surface area contributed by atoms with Crippen LogP contribution in [0.4, 0.5) is 16.3 Å². The summed E-state index contributed by atoms with van der Waals surface area (Å²) >= 11 is 0. The molecule has 2 aromatic heterocycles. The van der Waals surface area contributed by atoms with Crippen molar-refractivity contribution in [3.05, 3.63) is 48.3 Å². The standard InChI is InChI=1S/C19H16N4O5/c1-2-26-18(24)13-7-11-8-15-16(28-10-27-15)9-14(11)22-17(13)23-19(25)21-12-3-5-20-6-4-12/h3-9H,2,10H2,1H3,(H2,20,21,22,23,25). The van der Waals surface area contributed by atoms with E-state index in [-0.39, 0.29) is 24.8 Å².